The van der Waals surface area contributed by atoms with Crippen LogP contribution in [0.25, 0.3) is 11.1 Å². The normalized spacial score (nSPS) is 23.8. The van der Waals surface area contributed by atoms with Gasteiger partial charge in [0.05, 0.1) is 5.88 Å². The van der Waals surface area contributed by atoms with Gasteiger partial charge in [-0.25, -0.2) is 9.59 Å². The number of carbonyl (C=O) groups is 3. The van der Waals surface area contributed by atoms with E-state index >= 15 is 0 Å². The lowest BCUT2D eigenvalue weighted by Crippen LogP contribution is -2.46. The summed E-state index contributed by atoms with van der Waals surface area (Å²) >= 11 is 1.48. The van der Waals surface area contributed by atoms with Gasteiger partial charge in [0, 0.05) is 23.6 Å². The standard InChI is InChI=1S/C26H28N2O5S/c29-24(28-15-34-14-23(28)25(30)31)16-9-11-17(12-10-16)27-26(32)33-13-22-20-7-3-1-5-18(20)19-6-2-4-8-21(19)22/h1-8,16-17,22-23H,9-15H2,(H,27,32)(H,30,31)/t16?,17?,23-/m0/s1. The molecule has 8 heteroatoms. The van der Waals surface area contributed by atoms with Gasteiger partial charge in [-0.2, -0.15) is 0 Å². The van der Waals surface area contributed by atoms with Gasteiger partial charge in [0.2, 0.25) is 5.91 Å². The highest BCUT2D eigenvalue weighted by molar-refractivity contribution is 7.99. The number of carboxylic acids is 1. The lowest BCUT2D eigenvalue weighted by Gasteiger charge is -2.31. The smallest absolute Gasteiger partial charge is 0.407 e. The number of carboxylic acid groups (broad SMARTS) is 1. The molecule has 2 aromatic carbocycles. The molecule has 5 rings (SSSR count). The Hall–Kier alpha value is -3.00. The minimum Gasteiger partial charge on any atom is -0.480 e. The predicted octanol–water partition coefficient (Wildman–Crippen LogP) is 4.07. The van der Waals surface area contributed by atoms with E-state index in [9.17, 15) is 19.5 Å². The molecular formula is C26H28N2O5S. The van der Waals surface area contributed by atoms with Crippen molar-refractivity contribution in [2.45, 2.75) is 43.7 Å². The quantitative estimate of drug-likeness (QED) is 0.670. The molecule has 1 saturated carbocycles. The number of alkyl carbamates (subject to hydrolysis) is 1. The van der Waals surface area contributed by atoms with Crippen LogP contribution in [-0.4, -0.2) is 58.3 Å². The molecule has 1 saturated heterocycles. The van der Waals surface area contributed by atoms with Crippen molar-refractivity contribution < 1.29 is 24.2 Å². The van der Waals surface area contributed by atoms with Crippen molar-refractivity contribution >= 4 is 29.7 Å². The molecule has 0 unspecified atom stereocenters. The number of ether oxygens (including phenoxy) is 1. The van der Waals surface area contributed by atoms with E-state index in [4.69, 9.17) is 4.74 Å². The van der Waals surface area contributed by atoms with E-state index in [0.717, 1.165) is 0 Å². The van der Waals surface area contributed by atoms with E-state index in [1.807, 2.05) is 24.3 Å². The Kier molecular flexibility index (Phi) is 6.50. The minimum absolute atomic E-state index is 0.0204. The molecule has 1 heterocycles. The number of benzene rings is 2. The number of hydrogen-bond acceptors (Lipinski definition) is 5. The van der Waals surface area contributed by atoms with E-state index in [1.54, 1.807) is 0 Å². The lowest BCUT2D eigenvalue weighted by atomic mass is 9.85. The van der Waals surface area contributed by atoms with Crippen LogP contribution in [0.3, 0.4) is 0 Å². The van der Waals surface area contributed by atoms with Gasteiger partial charge >= 0.3 is 12.1 Å². The summed E-state index contributed by atoms with van der Waals surface area (Å²) < 4.78 is 5.65. The average molecular weight is 481 g/mol. The third-order valence-corrected chi connectivity index (χ3v) is 8.20. The molecule has 7 nitrogen and oxygen atoms in total. The molecule has 0 radical (unpaired) electrons. The molecule has 2 amide bonds. The molecular weight excluding hydrogens is 452 g/mol. The van der Waals surface area contributed by atoms with Crippen LogP contribution in [0.5, 0.6) is 0 Å². The van der Waals surface area contributed by atoms with E-state index < -0.39 is 18.1 Å². The van der Waals surface area contributed by atoms with Gasteiger partial charge in [-0.05, 0) is 47.9 Å². The first-order chi connectivity index (χ1) is 16.5. The molecule has 1 aliphatic heterocycles. The zero-order valence-corrected chi connectivity index (χ0v) is 19.6. The van der Waals surface area contributed by atoms with Crippen LogP contribution in [0.15, 0.2) is 48.5 Å². The number of amides is 2. The number of rotatable bonds is 5. The Balaban J connectivity index is 1.12. The first kappa shape index (κ1) is 22.8. The Morgan fingerprint density at radius 1 is 0.971 bits per heavy atom. The van der Waals surface area contributed by atoms with Crippen molar-refractivity contribution in [1.29, 1.82) is 0 Å². The van der Waals surface area contributed by atoms with Gasteiger partial charge in [-0.1, -0.05) is 48.5 Å². The van der Waals surface area contributed by atoms with Crippen LogP contribution in [-0.2, 0) is 14.3 Å². The average Bonchev–Trinajstić information content (AvgIpc) is 3.46. The fraction of sp³-hybridized carbons (Fsp3) is 0.423. The van der Waals surface area contributed by atoms with Crippen molar-refractivity contribution in [2.24, 2.45) is 5.92 Å². The van der Waals surface area contributed by atoms with E-state index in [0.29, 0.717) is 37.3 Å². The van der Waals surface area contributed by atoms with E-state index in [2.05, 4.69) is 29.6 Å². The highest BCUT2D eigenvalue weighted by atomic mass is 32.2. The monoisotopic (exact) mass is 480 g/mol. The molecule has 2 fully saturated rings. The van der Waals surface area contributed by atoms with Crippen LogP contribution in [0, 0.1) is 5.92 Å². The Morgan fingerprint density at radius 3 is 2.21 bits per heavy atom. The summed E-state index contributed by atoms with van der Waals surface area (Å²) in [5.74, 6) is -0.290. The summed E-state index contributed by atoms with van der Waals surface area (Å²) in [6.45, 7) is 0.275. The van der Waals surface area contributed by atoms with Crippen molar-refractivity contribution in [3.05, 3.63) is 59.7 Å². The molecule has 2 aromatic rings. The van der Waals surface area contributed by atoms with Gasteiger partial charge in [0.15, 0.2) is 0 Å². The predicted molar refractivity (Wildman–Crippen MR) is 130 cm³/mol. The molecule has 34 heavy (non-hydrogen) atoms. The Morgan fingerprint density at radius 2 is 1.59 bits per heavy atom. The number of hydrogen-bond donors (Lipinski definition) is 2. The number of fused-ring (bicyclic) bond motifs is 3. The maximum absolute atomic E-state index is 12.8. The summed E-state index contributed by atoms with van der Waals surface area (Å²) in [4.78, 5) is 38.3. The molecule has 2 N–H and O–H groups in total. The maximum atomic E-state index is 12.8. The van der Waals surface area contributed by atoms with Crippen LogP contribution >= 0.6 is 11.8 Å². The van der Waals surface area contributed by atoms with Crippen LogP contribution in [0.2, 0.25) is 0 Å². The summed E-state index contributed by atoms with van der Waals surface area (Å²) in [6.07, 6.45) is 2.21. The van der Waals surface area contributed by atoms with Crippen LogP contribution in [0.1, 0.15) is 42.7 Å². The fourth-order valence-electron chi connectivity index (χ4n) is 5.39. The second-order valence-corrected chi connectivity index (χ2v) is 10.2. The molecule has 0 aromatic heterocycles. The molecule has 3 aliphatic rings. The number of nitrogens with zero attached hydrogens (tertiary/aromatic N) is 1. The summed E-state index contributed by atoms with van der Waals surface area (Å²) in [6, 6.07) is 15.7. The van der Waals surface area contributed by atoms with Gasteiger partial charge in [0.25, 0.3) is 0 Å². The van der Waals surface area contributed by atoms with E-state index in [-0.39, 0.29) is 30.4 Å². The fourth-order valence-corrected chi connectivity index (χ4v) is 6.55. The third kappa shape index (κ3) is 4.39. The zero-order chi connectivity index (χ0) is 23.7. The first-order valence-electron chi connectivity index (χ1n) is 11.8. The van der Waals surface area contributed by atoms with Crippen molar-refractivity contribution in [3.8, 4) is 11.1 Å². The van der Waals surface area contributed by atoms with Crippen LogP contribution in [0.4, 0.5) is 4.79 Å². The molecule has 1 atom stereocenters. The lowest BCUT2D eigenvalue weighted by molar-refractivity contribution is -0.150. The summed E-state index contributed by atoms with van der Waals surface area (Å²) in [5.41, 5.74) is 4.73. The number of nitrogens with one attached hydrogen (secondary N) is 1. The summed E-state index contributed by atoms with van der Waals surface area (Å²) in [5, 5.41) is 12.3. The summed E-state index contributed by atoms with van der Waals surface area (Å²) in [7, 11) is 0. The highest BCUT2D eigenvalue weighted by Gasteiger charge is 2.39. The zero-order valence-electron chi connectivity index (χ0n) is 18.8. The number of carbonyl (C=O) groups excluding carboxylic acids is 2. The van der Waals surface area contributed by atoms with Gasteiger partial charge in [-0.15, -0.1) is 11.8 Å². The minimum atomic E-state index is -0.941. The Labute approximate surface area is 202 Å². The topological polar surface area (TPSA) is 95.9 Å². The maximum Gasteiger partial charge on any atom is 0.407 e. The molecule has 2 aliphatic carbocycles. The van der Waals surface area contributed by atoms with Crippen molar-refractivity contribution in [1.82, 2.24) is 10.2 Å². The molecule has 178 valence electrons. The van der Waals surface area contributed by atoms with Gasteiger partial charge < -0.3 is 20.1 Å². The van der Waals surface area contributed by atoms with Crippen LogP contribution < -0.4 is 5.32 Å². The second-order valence-electron chi connectivity index (χ2n) is 9.18. The largest absolute Gasteiger partial charge is 0.480 e. The second kappa shape index (κ2) is 9.70. The molecule has 0 spiro atoms. The van der Waals surface area contributed by atoms with Gasteiger partial charge in [-0.3, -0.25) is 4.79 Å². The first-order valence-corrected chi connectivity index (χ1v) is 12.9. The number of aliphatic carboxylic acids is 1. The molecule has 0 bridgehead atoms. The van der Waals surface area contributed by atoms with Crippen molar-refractivity contribution in [3.63, 3.8) is 0 Å². The highest BCUT2D eigenvalue weighted by Crippen LogP contribution is 2.44. The van der Waals surface area contributed by atoms with E-state index in [1.165, 1.54) is 38.9 Å². The van der Waals surface area contributed by atoms with Gasteiger partial charge in [0.1, 0.15) is 12.6 Å². The SMILES string of the molecule is O=C(NC1CCC(C(=O)N2CSC[C@H]2C(=O)O)CC1)OCC1c2ccccc2-c2ccccc21. The van der Waals surface area contributed by atoms with Crippen molar-refractivity contribution in [2.75, 3.05) is 18.2 Å². The third-order valence-electron chi connectivity index (χ3n) is 7.19. The number of thioether (sulfide) groups is 1. The Bertz CT molecular complexity index is 1050.